The molecule has 0 atom stereocenters. The molecule has 1 N–H and O–H groups in total. The predicted octanol–water partition coefficient (Wildman–Crippen LogP) is 1.92. The van der Waals surface area contributed by atoms with Crippen molar-refractivity contribution in [1.29, 1.82) is 0 Å². The summed E-state index contributed by atoms with van der Waals surface area (Å²) in [5.74, 6) is -0.348. The molecule has 110 valence electrons. The fourth-order valence-electron chi connectivity index (χ4n) is 1.83. The van der Waals surface area contributed by atoms with Crippen molar-refractivity contribution < 1.29 is 9.59 Å². The van der Waals surface area contributed by atoms with E-state index in [2.05, 4.69) is 10.3 Å². The molecule has 2 aromatic heterocycles. The second-order valence-electron chi connectivity index (χ2n) is 4.42. The minimum Gasteiger partial charge on any atom is -0.350 e. The predicted molar refractivity (Wildman–Crippen MR) is 82.0 cm³/mol. The van der Waals surface area contributed by atoms with E-state index in [-0.39, 0.29) is 18.4 Å². The maximum absolute atomic E-state index is 12.3. The quantitative estimate of drug-likeness (QED) is 0.887. The minimum absolute atomic E-state index is 0.0512. The summed E-state index contributed by atoms with van der Waals surface area (Å²) in [7, 11) is 0. The van der Waals surface area contributed by atoms with Gasteiger partial charge in [-0.3, -0.25) is 14.6 Å². The topological polar surface area (TPSA) is 62.3 Å². The summed E-state index contributed by atoms with van der Waals surface area (Å²) >= 11 is 1.59. The molecule has 2 aromatic rings. The zero-order valence-corrected chi connectivity index (χ0v) is 12.6. The number of thiophene rings is 1. The van der Waals surface area contributed by atoms with Crippen molar-refractivity contribution in [3.8, 4) is 0 Å². The number of amides is 2. The Morgan fingerprint density at radius 1 is 1.33 bits per heavy atom. The summed E-state index contributed by atoms with van der Waals surface area (Å²) in [5, 5.41) is 4.78. The van der Waals surface area contributed by atoms with Gasteiger partial charge in [-0.05, 0) is 30.5 Å². The number of hydrogen-bond acceptors (Lipinski definition) is 4. The van der Waals surface area contributed by atoms with Gasteiger partial charge in [0.05, 0.1) is 18.7 Å². The van der Waals surface area contributed by atoms with Crippen molar-refractivity contribution in [2.45, 2.75) is 13.5 Å². The van der Waals surface area contributed by atoms with Crippen LogP contribution in [-0.2, 0) is 11.3 Å². The summed E-state index contributed by atoms with van der Waals surface area (Å²) in [6.07, 6.45) is 3.12. The Balaban J connectivity index is 1.89. The van der Waals surface area contributed by atoms with Crippen molar-refractivity contribution >= 4 is 23.2 Å². The number of aromatic nitrogens is 1. The smallest absolute Gasteiger partial charge is 0.255 e. The Morgan fingerprint density at radius 3 is 2.81 bits per heavy atom. The number of carbonyl (C=O) groups excluding carboxylic acids is 2. The summed E-state index contributed by atoms with van der Waals surface area (Å²) in [5.41, 5.74) is 0.491. The van der Waals surface area contributed by atoms with Gasteiger partial charge in [0.1, 0.15) is 0 Å². The molecule has 0 spiro atoms. The van der Waals surface area contributed by atoms with Crippen LogP contribution in [0.3, 0.4) is 0 Å². The van der Waals surface area contributed by atoms with E-state index in [9.17, 15) is 9.59 Å². The molecule has 0 saturated carbocycles. The number of nitrogens with one attached hydrogen (secondary N) is 1. The molecule has 2 amide bonds. The minimum atomic E-state index is -0.183. The van der Waals surface area contributed by atoms with Crippen LogP contribution >= 0.6 is 11.3 Å². The van der Waals surface area contributed by atoms with Gasteiger partial charge in [-0.15, -0.1) is 11.3 Å². The molecule has 21 heavy (non-hydrogen) atoms. The van der Waals surface area contributed by atoms with E-state index in [1.54, 1.807) is 29.7 Å². The molecule has 0 saturated heterocycles. The molecular weight excluding hydrogens is 286 g/mol. The van der Waals surface area contributed by atoms with Crippen LogP contribution in [0.5, 0.6) is 0 Å². The van der Waals surface area contributed by atoms with E-state index in [1.807, 2.05) is 24.4 Å². The Hall–Kier alpha value is -2.21. The molecule has 0 aromatic carbocycles. The molecule has 0 unspecified atom stereocenters. The first-order chi connectivity index (χ1) is 10.2. The molecule has 0 aliphatic heterocycles. The van der Waals surface area contributed by atoms with E-state index in [4.69, 9.17) is 0 Å². The van der Waals surface area contributed by atoms with Gasteiger partial charge in [0, 0.05) is 23.8 Å². The Bertz CT molecular complexity index is 584. The van der Waals surface area contributed by atoms with Crippen molar-refractivity contribution in [1.82, 2.24) is 15.2 Å². The lowest BCUT2D eigenvalue weighted by molar-refractivity contribution is -0.121. The first kappa shape index (κ1) is 15.2. The highest BCUT2D eigenvalue weighted by Crippen LogP contribution is 2.07. The first-order valence-electron chi connectivity index (χ1n) is 6.69. The maximum Gasteiger partial charge on any atom is 0.255 e. The van der Waals surface area contributed by atoms with Gasteiger partial charge in [0.25, 0.3) is 5.91 Å². The third kappa shape index (κ3) is 4.39. The van der Waals surface area contributed by atoms with Crippen molar-refractivity contribution in [2.24, 2.45) is 0 Å². The van der Waals surface area contributed by atoms with Crippen LogP contribution < -0.4 is 5.32 Å². The van der Waals surface area contributed by atoms with E-state index in [0.29, 0.717) is 18.7 Å². The van der Waals surface area contributed by atoms with E-state index >= 15 is 0 Å². The fraction of sp³-hybridized carbons (Fsp3) is 0.267. The number of nitrogens with zero attached hydrogens (tertiary/aromatic N) is 2. The SMILES string of the molecule is CCN(CC(=O)NCc1cccs1)C(=O)c1cccnc1. The first-order valence-corrected chi connectivity index (χ1v) is 7.57. The standard InChI is InChI=1S/C15H17N3O2S/c1-2-18(15(20)12-5-3-7-16-9-12)11-14(19)17-10-13-6-4-8-21-13/h3-9H,2,10-11H2,1H3,(H,17,19). The molecule has 0 radical (unpaired) electrons. The molecule has 0 aliphatic rings. The van der Waals surface area contributed by atoms with Crippen LogP contribution in [0.1, 0.15) is 22.2 Å². The lowest BCUT2D eigenvalue weighted by Gasteiger charge is -2.20. The Kier molecular flexibility index (Phi) is 5.45. The molecule has 0 fully saturated rings. The maximum atomic E-state index is 12.3. The molecule has 5 nitrogen and oxygen atoms in total. The van der Waals surface area contributed by atoms with Crippen LogP contribution in [0, 0.1) is 0 Å². The molecule has 2 heterocycles. The molecule has 0 bridgehead atoms. The fourth-order valence-corrected chi connectivity index (χ4v) is 2.47. The van der Waals surface area contributed by atoms with E-state index in [1.165, 1.54) is 11.1 Å². The van der Waals surface area contributed by atoms with Gasteiger partial charge in [-0.2, -0.15) is 0 Å². The van der Waals surface area contributed by atoms with Crippen molar-refractivity contribution in [3.05, 3.63) is 52.5 Å². The van der Waals surface area contributed by atoms with E-state index < -0.39 is 0 Å². The van der Waals surface area contributed by atoms with Crippen LogP contribution in [0.4, 0.5) is 0 Å². The number of rotatable bonds is 6. The van der Waals surface area contributed by atoms with Gasteiger partial charge >= 0.3 is 0 Å². The van der Waals surface area contributed by atoms with E-state index in [0.717, 1.165) is 4.88 Å². The van der Waals surface area contributed by atoms with Gasteiger partial charge in [-0.25, -0.2) is 0 Å². The number of hydrogen-bond donors (Lipinski definition) is 1. The van der Waals surface area contributed by atoms with Crippen LogP contribution in [0.2, 0.25) is 0 Å². The zero-order chi connectivity index (χ0) is 15.1. The van der Waals surface area contributed by atoms with Gasteiger partial charge in [0.2, 0.25) is 5.91 Å². The van der Waals surface area contributed by atoms with Crippen LogP contribution in [-0.4, -0.2) is 34.8 Å². The number of pyridine rings is 1. The largest absolute Gasteiger partial charge is 0.350 e. The highest BCUT2D eigenvalue weighted by molar-refractivity contribution is 7.09. The van der Waals surface area contributed by atoms with Crippen LogP contribution in [0.15, 0.2) is 42.0 Å². The number of carbonyl (C=O) groups is 2. The van der Waals surface area contributed by atoms with Gasteiger partial charge in [0.15, 0.2) is 0 Å². The summed E-state index contributed by atoms with van der Waals surface area (Å²) in [6.45, 7) is 2.87. The molecular formula is C15H17N3O2S. The third-order valence-electron chi connectivity index (χ3n) is 2.95. The normalized spacial score (nSPS) is 10.1. The Labute approximate surface area is 127 Å². The second-order valence-corrected chi connectivity index (χ2v) is 5.45. The Morgan fingerprint density at radius 2 is 2.19 bits per heavy atom. The monoisotopic (exact) mass is 303 g/mol. The zero-order valence-electron chi connectivity index (χ0n) is 11.8. The third-order valence-corrected chi connectivity index (χ3v) is 3.83. The van der Waals surface area contributed by atoms with Gasteiger partial charge < -0.3 is 10.2 Å². The summed E-state index contributed by atoms with van der Waals surface area (Å²) in [6, 6.07) is 7.30. The number of likely N-dealkylation sites (N-methyl/N-ethyl adjacent to an activating group) is 1. The van der Waals surface area contributed by atoms with Crippen molar-refractivity contribution in [2.75, 3.05) is 13.1 Å². The summed E-state index contributed by atoms with van der Waals surface area (Å²) in [4.78, 5) is 30.7. The van der Waals surface area contributed by atoms with Crippen LogP contribution in [0.25, 0.3) is 0 Å². The lowest BCUT2D eigenvalue weighted by Crippen LogP contribution is -2.40. The molecule has 2 rings (SSSR count). The average Bonchev–Trinajstić information content (AvgIpc) is 3.04. The molecule has 6 heteroatoms. The summed E-state index contributed by atoms with van der Waals surface area (Å²) < 4.78 is 0. The van der Waals surface area contributed by atoms with Gasteiger partial charge in [-0.1, -0.05) is 6.07 Å². The average molecular weight is 303 g/mol. The molecule has 0 aliphatic carbocycles. The highest BCUT2D eigenvalue weighted by atomic mass is 32.1. The lowest BCUT2D eigenvalue weighted by atomic mass is 10.2. The highest BCUT2D eigenvalue weighted by Gasteiger charge is 2.17. The second kappa shape index (κ2) is 7.54. The van der Waals surface area contributed by atoms with Crippen molar-refractivity contribution in [3.63, 3.8) is 0 Å².